The topological polar surface area (TPSA) is 98.9 Å². The third-order valence-electron chi connectivity index (χ3n) is 3.73. The number of sulfonamides is 1. The lowest BCUT2D eigenvalue weighted by Gasteiger charge is -2.03. The average Bonchev–Trinajstić information content (AvgIpc) is 3.33. The summed E-state index contributed by atoms with van der Waals surface area (Å²) < 4.78 is 28.4. The van der Waals surface area contributed by atoms with Crippen molar-refractivity contribution in [3.05, 3.63) is 35.0 Å². The molecule has 1 fully saturated rings. The minimum atomic E-state index is -3.27. The van der Waals surface area contributed by atoms with Gasteiger partial charge >= 0.3 is 5.69 Å². The van der Waals surface area contributed by atoms with Gasteiger partial charge in [-0.2, -0.15) is 0 Å². The molecule has 0 atom stereocenters. The van der Waals surface area contributed by atoms with Crippen LogP contribution in [-0.2, 0) is 16.6 Å². The van der Waals surface area contributed by atoms with Crippen molar-refractivity contribution in [2.24, 2.45) is 0 Å². The fourth-order valence-electron chi connectivity index (χ4n) is 2.33. The Morgan fingerprint density at radius 1 is 1.39 bits per heavy atom. The Morgan fingerprint density at radius 3 is 2.78 bits per heavy atom. The monoisotopic (exact) mass is 337 g/mol. The van der Waals surface area contributed by atoms with Gasteiger partial charge in [0.15, 0.2) is 5.82 Å². The van der Waals surface area contributed by atoms with Gasteiger partial charge in [-0.3, -0.25) is 9.55 Å². The lowest BCUT2D eigenvalue weighted by molar-refractivity contribution is 0.547. The first-order valence-electron chi connectivity index (χ1n) is 7.59. The van der Waals surface area contributed by atoms with Crippen LogP contribution in [0.2, 0.25) is 0 Å². The Bertz CT molecular complexity index is 837. The van der Waals surface area contributed by atoms with Crippen molar-refractivity contribution < 1.29 is 8.42 Å². The molecule has 0 radical (unpaired) electrons. The molecule has 1 aliphatic carbocycles. The SMILES string of the molecule is CCS(=O)(=O)NCCn1nc(-c2cccnc2)n(C2CC2)c1=O. The number of hydrogen-bond donors (Lipinski definition) is 1. The van der Waals surface area contributed by atoms with Crippen molar-refractivity contribution in [2.75, 3.05) is 12.3 Å². The van der Waals surface area contributed by atoms with Crippen molar-refractivity contribution in [3.8, 4) is 11.4 Å². The highest BCUT2D eigenvalue weighted by Crippen LogP contribution is 2.36. The fraction of sp³-hybridized carbons (Fsp3) is 0.500. The van der Waals surface area contributed by atoms with Crippen molar-refractivity contribution in [1.29, 1.82) is 0 Å². The molecule has 8 nitrogen and oxygen atoms in total. The second-order valence-corrected chi connectivity index (χ2v) is 7.57. The Morgan fingerprint density at radius 2 is 2.17 bits per heavy atom. The van der Waals surface area contributed by atoms with Gasteiger partial charge in [0.2, 0.25) is 10.0 Å². The Kier molecular flexibility index (Phi) is 4.31. The van der Waals surface area contributed by atoms with Crippen molar-refractivity contribution in [1.82, 2.24) is 24.1 Å². The van der Waals surface area contributed by atoms with Crippen molar-refractivity contribution >= 4 is 10.0 Å². The molecule has 0 spiro atoms. The molecule has 0 unspecified atom stereocenters. The first-order valence-corrected chi connectivity index (χ1v) is 9.24. The van der Waals surface area contributed by atoms with Gasteiger partial charge in [-0.15, -0.1) is 5.10 Å². The molecule has 0 aromatic carbocycles. The van der Waals surface area contributed by atoms with Crippen LogP contribution in [0.4, 0.5) is 0 Å². The van der Waals surface area contributed by atoms with Gasteiger partial charge in [-0.05, 0) is 31.9 Å². The summed E-state index contributed by atoms with van der Waals surface area (Å²) >= 11 is 0. The lowest BCUT2D eigenvalue weighted by atomic mass is 10.3. The summed E-state index contributed by atoms with van der Waals surface area (Å²) in [4.78, 5) is 16.6. The normalized spacial score (nSPS) is 15.0. The molecule has 9 heteroatoms. The molecule has 1 N–H and O–H groups in total. The number of rotatable bonds is 7. The molecule has 0 amide bonds. The van der Waals surface area contributed by atoms with Crippen LogP contribution in [0.1, 0.15) is 25.8 Å². The summed E-state index contributed by atoms with van der Waals surface area (Å²) in [5.74, 6) is 0.600. The van der Waals surface area contributed by atoms with Crippen LogP contribution in [0.15, 0.2) is 29.3 Å². The van der Waals surface area contributed by atoms with E-state index in [1.807, 2.05) is 6.07 Å². The third-order valence-corrected chi connectivity index (χ3v) is 5.13. The van der Waals surface area contributed by atoms with Gasteiger partial charge in [-0.1, -0.05) is 0 Å². The van der Waals surface area contributed by atoms with E-state index in [0.717, 1.165) is 18.4 Å². The molecule has 2 aromatic heterocycles. The zero-order valence-electron chi connectivity index (χ0n) is 12.8. The number of pyridine rings is 1. The van der Waals surface area contributed by atoms with E-state index in [-0.39, 0.29) is 30.6 Å². The van der Waals surface area contributed by atoms with Gasteiger partial charge < -0.3 is 0 Å². The molecule has 23 heavy (non-hydrogen) atoms. The standard InChI is InChI=1S/C14H19N5O3S/c1-2-23(21,22)16-8-9-18-14(20)19(12-5-6-12)13(17-18)11-4-3-7-15-10-11/h3-4,7,10,12,16H,2,5-6,8-9H2,1H3. The summed E-state index contributed by atoms with van der Waals surface area (Å²) in [6.45, 7) is 1.91. The van der Waals surface area contributed by atoms with Gasteiger partial charge in [0.1, 0.15) is 0 Å². The molecular weight excluding hydrogens is 318 g/mol. The molecule has 0 bridgehead atoms. The van der Waals surface area contributed by atoms with E-state index in [0.29, 0.717) is 5.82 Å². The van der Waals surface area contributed by atoms with E-state index >= 15 is 0 Å². The van der Waals surface area contributed by atoms with Crippen LogP contribution in [0.3, 0.4) is 0 Å². The molecule has 1 saturated carbocycles. The molecular formula is C14H19N5O3S. The van der Waals surface area contributed by atoms with Crippen LogP contribution in [0.25, 0.3) is 11.4 Å². The van der Waals surface area contributed by atoms with Crippen LogP contribution in [-0.4, -0.2) is 40.0 Å². The minimum absolute atomic E-state index is 0.0132. The van der Waals surface area contributed by atoms with Crippen LogP contribution < -0.4 is 10.4 Å². The fourth-order valence-corrected chi connectivity index (χ4v) is 2.94. The predicted octanol–water partition coefficient (Wildman–Crippen LogP) is 0.381. The van der Waals surface area contributed by atoms with Gasteiger partial charge in [-0.25, -0.2) is 22.6 Å². The number of nitrogens with zero attached hydrogens (tertiary/aromatic N) is 4. The van der Waals surface area contributed by atoms with E-state index in [4.69, 9.17) is 0 Å². The summed E-state index contributed by atoms with van der Waals surface area (Å²) in [5.41, 5.74) is 0.575. The zero-order chi connectivity index (χ0) is 16.4. The summed E-state index contributed by atoms with van der Waals surface area (Å²) in [6, 6.07) is 3.84. The molecule has 1 aliphatic rings. The van der Waals surface area contributed by atoms with Crippen LogP contribution >= 0.6 is 0 Å². The van der Waals surface area contributed by atoms with Gasteiger partial charge in [0.05, 0.1) is 12.3 Å². The predicted molar refractivity (Wildman–Crippen MR) is 85.5 cm³/mol. The first-order chi connectivity index (χ1) is 11.0. The lowest BCUT2D eigenvalue weighted by Crippen LogP contribution is -2.32. The highest BCUT2D eigenvalue weighted by Gasteiger charge is 2.30. The molecule has 3 rings (SSSR count). The van der Waals surface area contributed by atoms with Crippen molar-refractivity contribution in [3.63, 3.8) is 0 Å². The minimum Gasteiger partial charge on any atom is -0.272 e. The number of nitrogens with one attached hydrogen (secondary N) is 1. The van der Waals surface area contributed by atoms with E-state index < -0.39 is 10.0 Å². The number of aromatic nitrogens is 4. The molecule has 2 heterocycles. The van der Waals surface area contributed by atoms with Crippen molar-refractivity contribution in [2.45, 2.75) is 32.4 Å². The Hall–Kier alpha value is -2.00. The molecule has 2 aromatic rings. The molecule has 0 saturated heterocycles. The average molecular weight is 337 g/mol. The van der Waals surface area contributed by atoms with Crippen LogP contribution in [0, 0.1) is 0 Å². The maximum absolute atomic E-state index is 12.5. The van der Waals surface area contributed by atoms with Gasteiger partial charge in [0, 0.05) is 30.5 Å². The van der Waals surface area contributed by atoms with Crippen LogP contribution in [0.5, 0.6) is 0 Å². The molecule has 0 aliphatic heterocycles. The van der Waals surface area contributed by atoms with Gasteiger partial charge in [0.25, 0.3) is 0 Å². The summed E-state index contributed by atoms with van der Waals surface area (Å²) in [5, 5.41) is 4.38. The largest absolute Gasteiger partial charge is 0.346 e. The third kappa shape index (κ3) is 3.50. The highest BCUT2D eigenvalue weighted by molar-refractivity contribution is 7.89. The maximum atomic E-state index is 12.5. The molecule has 124 valence electrons. The zero-order valence-corrected chi connectivity index (χ0v) is 13.7. The second kappa shape index (κ2) is 6.25. The maximum Gasteiger partial charge on any atom is 0.346 e. The van der Waals surface area contributed by atoms with E-state index in [1.54, 1.807) is 30.0 Å². The smallest absolute Gasteiger partial charge is 0.272 e. The summed E-state index contributed by atoms with van der Waals surface area (Å²) in [7, 11) is -3.27. The second-order valence-electron chi connectivity index (χ2n) is 5.47. The summed E-state index contributed by atoms with van der Waals surface area (Å²) in [6.07, 6.45) is 5.26. The van der Waals surface area contributed by atoms with E-state index in [2.05, 4.69) is 14.8 Å². The van der Waals surface area contributed by atoms with E-state index in [9.17, 15) is 13.2 Å². The first kappa shape index (κ1) is 15.9. The van der Waals surface area contributed by atoms with E-state index in [1.165, 1.54) is 4.68 Å². The highest BCUT2D eigenvalue weighted by atomic mass is 32.2. The quantitative estimate of drug-likeness (QED) is 0.787. The number of hydrogen-bond acceptors (Lipinski definition) is 5. The Balaban J connectivity index is 1.86. The Labute approximate surface area is 134 Å².